The zero-order chi connectivity index (χ0) is 24.1. The minimum absolute atomic E-state index is 0.341. The minimum Gasteiger partial charge on any atom is -0.343 e. The van der Waals surface area contributed by atoms with Crippen molar-refractivity contribution in [3.8, 4) is 0 Å². The third kappa shape index (κ3) is 8.59. The SMILES string of the molecule is O=C(CCCc1cccc2ccccc12)N1CCC(CNCCCCNCC2CCNCC2)CC1. The first kappa shape index (κ1) is 26.1. The van der Waals surface area contributed by atoms with Crippen molar-refractivity contribution in [3.63, 3.8) is 0 Å². The Morgan fingerprint density at radius 1 is 0.829 bits per heavy atom. The quantitative estimate of drug-likeness (QED) is 0.375. The average Bonchev–Trinajstić information content (AvgIpc) is 2.91. The Bertz CT molecular complexity index is 882. The van der Waals surface area contributed by atoms with Crippen LogP contribution in [0.5, 0.6) is 0 Å². The van der Waals surface area contributed by atoms with E-state index in [9.17, 15) is 4.79 Å². The van der Waals surface area contributed by atoms with Gasteiger partial charge >= 0.3 is 0 Å². The van der Waals surface area contributed by atoms with Gasteiger partial charge in [0.2, 0.25) is 5.91 Å². The summed E-state index contributed by atoms with van der Waals surface area (Å²) in [6.45, 7) is 8.79. The molecule has 0 unspecified atom stereocenters. The van der Waals surface area contributed by atoms with Crippen molar-refractivity contribution in [1.82, 2.24) is 20.9 Å². The number of carbonyl (C=O) groups is 1. The highest BCUT2D eigenvalue weighted by Gasteiger charge is 2.22. The Balaban J connectivity index is 1.01. The van der Waals surface area contributed by atoms with Crippen LogP contribution in [0.2, 0.25) is 0 Å². The number of nitrogens with zero attached hydrogens (tertiary/aromatic N) is 1. The van der Waals surface area contributed by atoms with Crippen molar-refractivity contribution in [3.05, 3.63) is 48.0 Å². The van der Waals surface area contributed by atoms with E-state index in [1.54, 1.807) is 0 Å². The zero-order valence-corrected chi connectivity index (χ0v) is 21.6. The van der Waals surface area contributed by atoms with Gasteiger partial charge in [-0.05, 0) is 119 Å². The summed E-state index contributed by atoms with van der Waals surface area (Å²) in [7, 11) is 0. The highest BCUT2D eigenvalue weighted by Crippen LogP contribution is 2.21. The maximum atomic E-state index is 12.7. The number of hydrogen-bond donors (Lipinski definition) is 3. The number of hydrogen-bond acceptors (Lipinski definition) is 4. The van der Waals surface area contributed by atoms with Crippen molar-refractivity contribution in [2.45, 2.75) is 57.8 Å². The topological polar surface area (TPSA) is 56.4 Å². The number of likely N-dealkylation sites (tertiary alicyclic amines) is 1. The molecule has 2 fully saturated rings. The maximum absolute atomic E-state index is 12.7. The summed E-state index contributed by atoms with van der Waals surface area (Å²) in [5.41, 5.74) is 1.36. The predicted molar refractivity (Wildman–Crippen MR) is 147 cm³/mol. The van der Waals surface area contributed by atoms with Gasteiger partial charge in [0.15, 0.2) is 0 Å². The fourth-order valence-electron chi connectivity index (χ4n) is 5.68. The van der Waals surface area contributed by atoms with Crippen LogP contribution in [-0.4, -0.2) is 63.2 Å². The van der Waals surface area contributed by atoms with Gasteiger partial charge in [-0.2, -0.15) is 0 Å². The van der Waals surface area contributed by atoms with E-state index >= 15 is 0 Å². The molecule has 0 aromatic heterocycles. The molecule has 4 rings (SSSR count). The molecule has 0 saturated carbocycles. The number of benzene rings is 2. The molecule has 0 aliphatic carbocycles. The summed E-state index contributed by atoms with van der Waals surface area (Å²) < 4.78 is 0. The Labute approximate surface area is 212 Å². The first-order valence-corrected chi connectivity index (χ1v) is 14.2. The van der Waals surface area contributed by atoms with Gasteiger partial charge in [0, 0.05) is 19.5 Å². The number of unbranched alkanes of at least 4 members (excludes halogenated alkanes) is 1. The monoisotopic (exact) mass is 478 g/mol. The van der Waals surface area contributed by atoms with E-state index in [0.29, 0.717) is 18.2 Å². The van der Waals surface area contributed by atoms with Crippen molar-refractivity contribution < 1.29 is 4.79 Å². The van der Waals surface area contributed by atoms with Gasteiger partial charge in [0.1, 0.15) is 0 Å². The average molecular weight is 479 g/mol. The van der Waals surface area contributed by atoms with Gasteiger partial charge < -0.3 is 20.9 Å². The van der Waals surface area contributed by atoms with E-state index in [-0.39, 0.29) is 0 Å². The summed E-state index contributed by atoms with van der Waals surface area (Å²) in [6, 6.07) is 15.0. The van der Waals surface area contributed by atoms with Crippen LogP contribution < -0.4 is 16.0 Å². The summed E-state index contributed by atoms with van der Waals surface area (Å²) >= 11 is 0. The molecule has 2 aliphatic heterocycles. The van der Waals surface area contributed by atoms with E-state index in [2.05, 4.69) is 63.3 Å². The standard InChI is InChI=1S/C30H46N4O/c35-30(12-6-10-28-9-5-8-27-7-1-2-11-29(27)28)34-21-15-26(16-22-34)24-33-18-4-3-17-32-23-25-13-19-31-20-14-25/h1-2,5,7-9,11,25-26,31-33H,3-4,6,10,12-24H2. The molecular formula is C30H46N4O. The second-order valence-electron chi connectivity index (χ2n) is 10.6. The van der Waals surface area contributed by atoms with Gasteiger partial charge in [-0.25, -0.2) is 0 Å². The van der Waals surface area contributed by atoms with E-state index in [0.717, 1.165) is 64.3 Å². The number of fused-ring (bicyclic) bond motifs is 1. The number of carbonyl (C=O) groups excluding carboxylic acids is 1. The van der Waals surface area contributed by atoms with Crippen molar-refractivity contribution in [2.24, 2.45) is 11.8 Å². The van der Waals surface area contributed by atoms with E-state index in [1.165, 1.54) is 61.7 Å². The third-order valence-corrected chi connectivity index (χ3v) is 7.97. The molecule has 2 heterocycles. The first-order chi connectivity index (χ1) is 17.3. The molecular weight excluding hydrogens is 432 g/mol. The fourth-order valence-corrected chi connectivity index (χ4v) is 5.68. The van der Waals surface area contributed by atoms with Gasteiger partial charge in [-0.1, -0.05) is 42.5 Å². The molecule has 2 aromatic carbocycles. The van der Waals surface area contributed by atoms with Crippen LogP contribution in [0.15, 0.2) is 42.5 Å². The Kier molecular flexibility index (Phi) is 10.9. The Hall–Kier alpha value is -1.95. The fraction of sp³-hybridized carbons (Fsp3) is 0.633. The molecule has 2 saturated heterocycles. The maximum Gasteiger partial charge on any atom is 0.222 e. The minimum atomic E-state index is 0.341. The van der Waals surface area contributed by atoms with Crippen molar-refractivity contribution in [1.29, 1.82) is 0 Å². The summed E-state index contributed by atoms with van der Waals surface area (Å²) in [4.78, 5) is 14.9. The van der Waals surface area contributed by atoms with E-state index < -0.39 is 0 Å². The van der Waals surface area contributed by atoms with Crippen LogP contribution in [0.25, 0.3) is 10.8 Å². The number of rotatable bonds is 13. The van der Waals surface area contributed by atoms with Gasteiger partial charge in [0.25, 0.3) is 0 Å². The van der Waals surface area contributed by atoms with Crippen LogP contribution in [0, 0.1) is 11.8 Å². The molecule has 192 valence electrons. The van der Waals surface area contributed by atoms with E-state index in [4.69, 9.17) is 0 Å². The predicted octanol–water partition coefficient (Wildman–Crippen LogP) is 4.36. The normalized spacial score (nSPS) is 17.8. The molecule has 0 spiro atoms. The lowest BCUT2D eigenvalue weighted by Gasteiger charge is -2.32. The largest absolute Gasteiger partial charge is 0.343 e. The molecule has 1 amide bonds. The summed E-state index contributed by atoms with van der Waals surface area (Å²) in [5, 5.41) is 13.4. The molecule has 3 N–H and O–H groups in total. The second-order valence-corrected chi connectivity index (χ2v) is 10.6. The lowest BCUT2D eigenvalue weighted by atomic mass is 9.96. The molecule has 2 aromatic rings. The van der Waals surface area contributed by atoms with Crippen LogP contribution in [0.1, 0.15) is 56.9 Å². The number of aryl methyl sites for hydroxylation is 1. The summed E-state index contributed by atoms with van der Waals surface area (Å²) in [6.07, 6.45) is 9.99. The van der Waals surface area contributed by atoms with Crippen LogP contribution in [0.3, 0.4) is 0 Å². The second kappa shape index (κ2) is 14.6. The van der Waals surface area contributed by atoms with Crippen molar-refractivity contribution >= 4 is 16.7 Å². The molecule has 2 aliphatic rings. The summed E-state index contributed by atoms with van der Waals surface area (Å²) in [5.74, 6) is 1.93. The smallest absolute Gasteiger partial charge is 0.222 e. The first-order valence-electron chi connectivity index (χ1n) is 14.2. The molecule has 0 radical (unpaired) electrons. The zero-order valence-electron chi connectivity index (χ0n) is 21.6. The van der Waals surface area contributed by atoms with E-state index in [1.807, 2.05) is 0 Å². The van der Waals surface area contributed by atoms with Gasteiger partial charge in [-0.3, -0.25) is 4.79 Å². The highest BCUT2D eigenvalue weighted by atomic mass is 16.2. The van der Waals surface area contributed by atoms with Crippen LogP contribution in [0.4, 0.5) is 0 Å². The number of nitrogens with one attached hydrogen (secondary N) is 3. The third-order valence-electron chi connectivity index (χ3n) is 7.97. The highest BCUT2D eigenvalue weighted by molar-refractivity contribution is 5.85. The Morgan fingerprint density at radius 3 is 2.23 bits per heavy atom. The molecule has 0 bridgehead atoms. The molecule has 5 nitrogen and oxygen atoms in total. The molecule has 35 heavy (non-hydrogen) atoms. The van der Waals surface area contributed by atoms with Gasteiger partial charge in [-0.15, -0.1) is 0 Å². The van der Waals surface area contributed by atoms with Crippen molar-refractivity contribution in [2.75, 3.05) is 52.4 Å². The van der Waals surface area contributed by atoms with Crippen LogP contribution in [-0.2, 0) is 11.2 Å². The molecule has 0 atom stereocenters. The number of amides is 1. The lowest BCUT2D eigenvalue weighted by molar-refractivity contribution is -0.132. The van der Waals surface area contributed by atoms with Crippen LogP contribution >= 0.6 is 0 Å². The lowest BCUT2D eigenvalue weighted by Crippen LogP contribution is -2.40. The number of piperidine rings is 2. The molecule has 5 heteroatoms. The van der Waals surface area contributed by atoms with Gasteiger partial charge in [0.05, 0.1) is 0 Å². The Morgan fingerprint density at radius 2 is 1.49 bits per heavy atom.